The Morgan fingerprint density at radius 2 is 1.76 bits per heavy atom. The molecule has 42 heavy (non-hydrogen) atoms. The normalized spacial score (nSPS) is 13.8. The van der Waals surface area contributed by atoms with E-state index in [2.05, 4.69) is 55.9 Å². The molecule has 3 aromatic heterocycles. The summed E-state index contributed by atoms with van der Waals surface area (Å²) in [6.45, 7) is 11.5. The zero-order valence-corrected chi connectivity index (χ0v) is 25.2. The number of aromatic nitrogens is 5. The molecule has 5 N–H and O–H groups in total. The number of nitrogens with one attached hydrogen (secondary N) is 2. The fraction of sp³-hybridized carbons (Fsp3) is 0.357. The first kappa shape index (κ1) is 32.5. The molecule has 0 aliphatic carbocycles. The molecule has 0 amide bonds. The van der Waals surface area contributed by atoms with Crippen LogP contribution in [0.15, 0.2) is 66.1 Å². The molecule has 0 saturated carbocycles. The fourth-order valence-corrected chi connectivity index (χ4v) is 4.44. The number of aliphatic hydroxyl groups is 1. The number of piperazine rings is 1. The molecular weight excluding hydrogens is 557 g/mol. The van der Waals surface area contributed by atoms with E-state index in [0.717, 1.165) is 31.9 Å². The van der Waals surface area contributed by atoms with Gasteiger partial charge in [-0.25, -0.2) is 24.4 Å². The number of benzene rings is 1. The Morgan fingerprint density at radius 1 is 1.10 bits per heavy atom. The zero-order chi connectivity index (χ0) is 29.6. The minimum atomic E-state index is -1.14. The standard InChI is InChI=1S/C27H32N8O2.CH4NOP.H2O/c1-5-13-34-25(36)21-18-28-26(29-19-9-11-20(12-10-19)33-16-14-32(4)15-17-33)31-24(21)35(34)23-8-6-7-22(30-23)27(2,3)37;1-2-4-3;/h5-12,18,37H,1,13-17H2,2-4H3,(H,28,29,31);1H3,(H,2,3);1H2. The summed E-state index contributed by atoms with van der Waals surface area (Å²) >= 11 is 0. The van der Waals surface area contributed by atoms with Crippen LogP contribution in [-0.4, -0.2) is 80.1 Å². The van der Waals surface area contributed by atoms with Gasteiger partial charge in [-0.3, -0.25) is 9.36 Å². The zero-order valence-electron chi connectivity index (χ0n) is 24.3. The lowest BCUT2D eigenvalue weighted by atomic mass is 10.1. The molecule has 1 saturated heterocycles. The van der Waals surface area contributed by atoms with Crippen LogP contribution in [0, 0.1) is 0 Å². The van der Waals surface area contributed by atoms with Crippen LogP contribution in [0.2, 0.25) is 0 Å². The summed E-state index contributed by atoms with van der Waals surface area (Å²) in [4.78, 5) is 31.6. The highest BCUT2D eigenvalue weighted by atomic mass is 31.1. The predicted octanol–water partition coefficient (Wildman–Crippen LogP) is 2.47. The smallest absolute Gasteiger partial charge is 0.278 e. The lowest BCUT2D eigenvalue weighted by Gasteiger charge is -2.34. The highest BCUT2D eigenvalue weighted by molar-refractivity contribution is 7.20. The number of hydrogen-bond acceptors (Lipinski definition) is 9. The average molecular weight is 596 g/mol. The largest absolute Gasteiger partial charge is 0.412 e. The third-order valence-electron chi connectivity index (χ3n) is 6.64. The predicted molar refractivity (Wildman–Crippen MR) is 166 cm³/mol. The first-order valence-electron chi connectivity index (χ1n) is 13.3. The Balaban J connectivity index is 0.000000911. The second-order valence-corrected chi connectivity index (χ2v) is 10.8. The van der Waals surface area contributed by atoms with Crippen molar-refractivity contribution in [1.29, 1.82) is 0 Å². The molecule has 1 fully saturated rings. The van der Waals surface area contributed by atoms with E-state index in [1.54, 1.807) is 49.9 Å². The summed E-state index contributed by atoms with van der Waals surface area (Å²) in [5.74, 6) is 0.831. The maximum Gasteiger partial charge on any atom is 0.278 e. The number of hydrogen-bond donors (Lipinski definition) is 3. The van der Waals surface area contributed by atoms with Gasteiger partial charge in [0, 0.05) is 43.8 Å². The van der Waals surface area contributed by atoms with Gasteiger partial charge in [0.15, 0.2) is 11.5 Å². The summed E-state index contributed by atoms with van der Waals surface area (Å²) in [7, 11) is 3.75. The highest BCUT2D eigenvalue weighted by Crippen LogP contribution is 2.23. The molecule has 14 heteroatoms. The van der Waals surface area contributed by atoms with Crippen LogP contribution in [0.4, 0.5) is 17.3 Å². The van der Waals surface area contributed by atoms with Gasteiger partial charge in [0.25, 0.3) is 5.56 Å². The van der Waals surface area contributed by atoms with E-state index in [9.17, 15) is 9.90 Å². The first-order chi connectivity index (χ1) is 19.7. The lowest BCUT2D eigenvalue weighted by molar-refractivity contribution is 0.0738. The average Bonchev–Trinajstić information content (AvgIpc) is 3.24. The Morgan fingerprint density at radius 3 is 2.36 bits per heavy atom. The van der Waals surface area contributed by atoms with Gasteiger partial charge in [0.2, 0.25) is 14.6 Å². The SMILES string of the molecule is C=CCn1c(=O)c2cnc(Nc3ccc(N4CCN(C)CC4)cc3)nc2n1-c1cccc(C(C)(C)O)n1.CNP=O.O. The summed E-state index contributed by atoms with van der Waals surface area (Å²) in [5.41, 5.74) is 1.55. The van der Waals surface area contributed by atoms with Crippen LogP contribution in [0.25, 0.3) is 16.9 Å². The summed E-state index contributed by atoms with van der Waals surface area (Å²) in [5, 5.41) is 16.4. The van der Waals surface area contributed by atoms with Gasteiger partial charge in [-0.1, -0.05) is 12.1 Å². The second kappa shape index (κ2) is 14.3. The number of likely N-dealkylation sites (N-methyl/N-ethyl adjacent to an activating group) is 1. The number of anilines is 3. The minimum Gasteiger partial charge on any atom is -0.412 e. The maximum atomic E-state index is 13.2. The molecule has 4 heterocycles. The van der Waals surface area contributed by atoms with E-state index in [4.69, 9.17) is 9.55 Å². The molecular formula is C28H38N9O4P. The number of fused-ring (bicyclic) bond motifs is 1. The van der Waals surface area contributed by atoms with Gasteiger partial charge in [0.05, 0.1) is 12.2 Å². The molecule has 0 atom stereocenters. The molecule has 13 nitrogen and oxygen atoms in total. The lowest BCUT2D eigenvalue weighted by Crippen LogP contribution is -2.44. The molecule has 0 radical (unpaired) electrons. The van der Waals surface area contributed by atoms with Crippen molar-refractivity contribution in [3.8, 4) is 5.82 Å². The molecule has 1 aromatic carbocycles. The van der Waals surface area contributed by atoms with E-state index in [1.807, 2.05) is 12.1 Å². The van der Waals surface area contributed by atoms with Crippen molar-refractivity contribution in [3.63, 3.8) is 0 Å². The number of pyridine rings is 1. The van der Waals surface area contributed by atoms with Gasteiger partial charge >= 0.3 is 0 Å². The van der Waals surface area contributed by atoms with E-state index in [-0.39, 0.29) is 26.2 Å². The molecule has 0 unspecified atom stereocenters. The van der Waals surface area contributed by atoms with Crippen LogP contribution < -0.4 is 20.9 Å². The molecule has 224 valence electrons. The van der Waals surface area contributed by atoms with Crippen LogP contribution in [-0.2, 0) is 16.7 Å². The van der Waals surface area contributed by atoms with Gasteiger partial charge in [0.1, 0.15) is 11.0 Å². The Bertz CT molecular complexity index is 1560. The summed E-state index contributed by atoms with van der Waals surface area (Å²) in [6.07, 6.45) is 3.17. The fourth-order valence-electron chi connectivity index (χ4n) is 4.44. The third-order valence-corrected chi connectivity index (χ3v) is 6.82. The third kappa shape index (κ3) is 7.44. The molecule has 0 spiro atoms. The molecule has 4 aromatic rings. The van der Waals surface area contributed by atoms with Crippen molar-refractivity contribution in [3.05, 3.63) is 77.4 Å². The van der Waals surface area contributed by atoms with Gasteiger partial charge in [-0.2, -0.15) is 4.98 Å². The van der Waals surface area contributed by atoms with Crippen molar-refractivity contribution in [2.75, 3.05) is 50.5 Å². The van der Waals surface area contributed by atoms with Crippen LogP contribution in [0.3, 0.4) is 0 Å². The topological polar surface area (TPSA) is 165 Å². The van der Waals surface area contributed by atoms with Crippen LogP contribution in [0.1, 0.15) is 19.5 Å². The first-order valence-corrected chi connectivity index (χ1v) is 14.1. The van der Waals surface area contributed by atoms with E-state index < -0.39 is 5.60 Å². The van der Waals surface area contributed by atoms with Crippen molar-refractivity contribution < 1.29 is 15.1 Å². The molecule has 0 bridgehead atoms. The van der Waals surface area contributed by atoms with Crippen molar-refractivity contribution >= 4 is 37.0 Å². The van der Waals surface area contributed by atoms with Crippen molar-refractivity contribution in [2.24, 2.45) is 0 Å². The van der Waals surface area contributed by atoms with E-state index >= 15 is 0 Å². The monoisotopic (exact) mass is 595 g/mol. The number of allylic oxidation sites excluding steroid dienone is 1. The van der Waals surface area contributed by atoms with Crippen LogP contribution >= 0.6 is 8.61 Å². The summed E-state index contributed by atoms with van der Waals surface area (Å²) < 4.78 is 12.3. The van der Waals surface area contributed by atoms with Crippen molar-refractivity contribution in [2.45, 2.75) is 26.0 Å². The highest BCUT2D eigenvalue weighted by Gasteiger charge is 2.22. The number of nitrogens with zero attached hydrogens (tertiary/aromatic N) is 7. The minimum absolute atomic E-state index is 0. The second-order valence-electron chi connectivity index (χ2n) is 10.1. The molecule has 1 aliphatic heterocycles. The quantitative estimate of drug-likeness (QED) is 0.204. The number of rotatable bonds is 8. The van der Waals surface area contributed by atoms with Crippen LogP contribution in [0.5, 0.6) is 0 Å². The van der Waals surface area contributed by atoms with Crippen molar-refractivity contribution in [1.82, 2.24) is 34.3 Å². The Kier molecular flexibility index (Phi) is 11.0. The molecule has 1 aliphatic rings. The van der Waals surface area contributed by atoms with Gasteiger partial charge in [-0.15, -0.1) is 6.58 Å². The van der Waals surface area contributed by atoms with E-state index in [0.29, 0.717) is 28.5 Å². The Labute approximate surface area is 246 Å². The molecule has 5 rings (SSSR count). The summed E-state index contributed by atoms with van der Waals surface area (Å²) in [6, 6.07) is 13.5. The van der Waals surface area contributed by atoms with Gasteiger partial charge < -0.3 is 25.7 Å². The Hall–Kier alpha value is -4.00. The van der Waals surface area contributed by atoms with Gasteiger partial charge in [-0.05, 0) is 64.3 Å². The maximum absolute atomic E-state index is 13.2. The van der Waals surface area contributed by atoms with E-state index in [1.165, 1.54) is 16.6 Å².